The summed E-state index contributed by atoms with van der Waals surface area (Å²) < 4.78 is 23.5. The Morgan fingerprint density at radius 1 is 1.04 bits per heavy atom. The molecule has 3 atom stereocenters. The lowest BCUT2D eigenvalue weighted by Crippen LogP contribution is -2.49. The van der Waals surface area contributed by atoms with Gasteiger partial charge in [-0.15, -0.1) is 0 Å². The van der Waals surface area contributed by atoms with Crippen LogP contribution in [0.15, 0.2) is 4.99 Å². The number of hydrogen-bond acceptors (Lipinski definition) is 4. The highest BCUT2D eigenvalue weighted by Gasteiger charge is 2.39. The van der Waals surface area contributed by atoms with Gasteiger partial charge in [-0.2, -0.15) is 0 Å². The lowest BCUT2D eigenvalue weighted by Gasteiger charge is -2.27. The zero-order valence-electron chi connectivity index (χ0n) is 16.7. The van der Waals surface area contributed by atoms with Crippen molar-refractivity contribution in [3.63, 3.8) is 0 Å². The molecule has 2 saturated heterocycles. The summed E-state index contributed by atoms with van der Waals surface area (Å²) in [6.07, 6.45) is 11.0. The summed E-state index contributed by atoms with van der Waals surface area (Å²) in [6.45, 7) is 4.07. The second-order valence-electron chi connectivity index (χ2n) is 9.29. The van der Waals surface area contributed by atoms with Crippen molar-refractivity contribution in [3.05, 3.63) is 0 Å². The fraction of sp³-hybridized carbons (Fsp3) is 0.950. The zero-order valence-corrected chi connectivity index (χ0v) is 17.5. The summed E-state index contributed by atoms with van der Waals surface area (Å²) in [5.41, 5.74) is 0. The van der Waals surface area contributed by atoms with Gasteiger partial charge in [-0.25, -0.2) is 8.42 Å². The number of hydrogen-bond donors (Lipinski definition) is 2. The predicted molar refractivity (Wildman–Crippen MR) is 110 cm³/mol. The number of aliphatic imine (C=N–C) groups is 1. The first-order chi connectivity index (χ1) is 13.0. The van der Waals surface area contributed by atoms with Crippen molar-refractivity contribution in [3.8, 4) is 0 Å². The van der Waals surface area contributed by atoms with E-state index >= 15 is 0 Å². The number of likely N-dealkylation sites (tertiary alicyclic amines) is 1. The maximum absolute atomic E-state index is 11.7. The Hall–Kier alpha value is -0.820. The van der Waals surface area contributed by atoms with Crippen LogP contribution in [0, 0.1) is 5.92 Å². The van der Waals surface area contributed by atoms with Gasteiger partial charge >= 0.3 is 0 Å². The molecular weight excluding hydrogens is 360 g/mol. The monoisotopic (exact) mass is 396 g/mol. The molecule has 3 unspecified atom stereocenters. The average Bonchev–Trinajstić information content (AvgIpc) is 3.32. The fourth-order valence-corrected chi connectivity index (χ4v) is 6.93. The molecule has 7 heteroatoms. The Morgan fingerprint density at radius 2 is 1.78 bits per heavy atom. The highest BCUT2D eigenvalue weighted by atomic mass is 32.2. The minimum absolute atomic E-state index is 0.186. The normalized spacial score (nSPS) is 35.4. The highest BCUT2D eigenvalue weighted by molar-refractivity contribution is 7.91. The van der Waals surface area contributed by atoms with Crippen LogP contribution in [0.2, 0.25) is 0 Å². The second kappa shape index (κ2) is 8.27. The van der Waals surface area contributed by atoms with E-state index in [-0.39, 0.29) is 5.92 Å². The van der Waals surface area contributed by atoms with Crippen molar-refractivity contribution < 1.29 is 8.42 Å². The van der Waals surface area contributed by atoms with Gasteiger partial charge < -0.3 is 10.6 Å². The molecule has 4 fully saturated rings. The van der Waals surface area contributed by atoms with Gasteiger partial charge in [-0.1, -0.05) is 19.3 Å². The Morgan fingerprint density at radius 3 is 2.44 bits per heavy atom. The summed E-state index contributed by atoms with van der Waals surface area (Å²) in [7, 11) is -2.83. The quantitative estimate of drug-likeness (QED) is 0.549. The third kappa shape index (κ3) is 5.37. The first-order valence-corrected chi connectivity index (χ1v) is 12.8. The second-order valence-corrected chi connectivity index (χ2v) is 11.5. The van der Waals surface area contributed by atoms with Gasteiger partial charge in [-0.3, -0.25) is 9.89 Å². The number of rotatable bonds is 5. The number of nitrogens with one attached hydrogen (secondary N) is 2. The minimum Gasteiger partial charge on any atom is -0.354 e. The molecule has 2 aliphatic heterocycles. The van der Waals surface area contributed by atoms with Crippen molar-refractivity contribution in [2.45, 2.75) is 88.9 Å². The standard InChI is InChI=1S/C20H36N4O2S/c1-15-11-18(13-24(15)19-7-8-19)23-20(22-17-5-3-2-4-6-17)21-12-16-9-10-27(25,26)14-16/h15-19H,2-14H2,1H3,(H2,21,22,23). The SMILES string of the molecule is CC1CC(NC(=NCC2CCS(=O)(=O)C2)NC2CCCCC2)CN1C1CC1. The third-order valence-corrected chi connectivity index (χ3v) is 8.60. The van der Waals surface area contributed by atoms with Crippen LogP contribution in [0.3, 0.4) is 0 Å². The van der Waals surface area contributed by atoms with Crippen molar-refractivity contribution >= 4 is 15.8 Å². The molecule has 6 nitrogen and oxygen atoms in total. The van der Waals surface area contributed by atoms with Crippen LogP contribution >= 0.6 is 0 Å². The van der Waals surface area contributed by atoms with Crippen molar-refractivity contribution in [2.24, 2.45) is 10.9 Å². The number of nitrogens with zero attached hydrogens (tertiary/aromatic N) is 2. The summed E-state index contributed by atoms with van der Waals surface area (Å²) in [6, 6.07) is 2.41. The predicted octanol–water partition coefficient (Wildman–Crippen LogP) is 1.91. The van der Waals surface area contributed by atoms with Crippen LogP contribution in [0.4, 0.5) is 0 Å². The molecule has 4 aliphatic rings. The van der Waals surface area contributed by atoms with Gasteiger partial charge in [-0.05, 0) is 51.4 Å². The lowest BCUT2D eigenvalue weighted by atomic mass is 9.96. The van der Waals surface area contributed by atoms with Crippen LogP contribution in [-0.4, -0.2) is 68.0 Å². The zero-order chi connectivity index (χ0) is 18.9. The van der Waals surface area contributed by atoms with E-state index in [1.807, 2.05) is 0 Å². The molecule has 4 rings (SSSR count). The molecule has 0 aromatic heterocycles. The van der Waals surface area contributed by atoms with Gasteiger partial charge in [0.1, 0.15) is 0 Å². The van der Waals surface area contributed by atoms with Crippen LogP contribution in [0.25, 0.3) is 0 Å². The first-order valence-electron chi connectivity index (χ1n) is 11.0. The smallest absolute Gasteiger partial charge is 0.191 e. The molecule has 2 saturated carbocycles. The Balaban J connectivity index is 1.37. The van der Waals surface area contributed by atoms with E-state index in [0.29, 0.717) is 36.2 Å². The van der Waals surface area contributed by atoms with E-state index < -0.39 is 9.84 Å². The highest BCUT2D eigenvalue weighted by Crippen LogP contribution is 2.33. The van der Waals surface area contributed by atoms with Gasteiger partial charge in [0.2, 0.25) is 0 Å². The van der Waals surface area contributed by atoms with E-state index in [1.165, 1.54) is 51.4 Å². The first kappa shape index (κ1) is 19.5. The molecule has 2 heterocycles. The molecule has 2 aliphatic carbocycles. The molecular formula is C20H36N4O2S. The summed E-state index contributed by atoms with van der Waals surface area (Å²) >= 11 is 0. The maximum atomic E-state index is 11.7. The molecule has 2 N–H and O–H groups in total. The number of sulfone groups is 1. The molecule has 0 spiro atoms. The summed E-state index contributed by atoms with van der Waals surface area (Å²) in [5.74, 6) is 1.75. The van der Waals surface area contributed by atoms with Gasteiger partial charge in [0, 0.05) is 37.3 Å². The van der Waals surface area contributed by atoms with E-state index in [1.54, 1.807) is 0 Å². The largest absolute Gasteiger partial charge is 0.354 e. The Labute approximate surface area is 164 Å². The number of guanidine groups is 1. The van der Waals surface area contributed by atoms with E-state index in [9.17, 15) is 8.42 Å². The van der Waals surface area contributed by atoms with Gasteiger partial charge in [0.25, 0.3) is 0 Å². The molecule has 0 aromatic carbocycles. The molecule has 27 heavy (non-hydrogen) atoms. The summed E-state index contributed by atoms with van der Waals surface area (Å²) in [5, 5.41) is 7.37. The molecule has 154 valence electrons. The molecule has 0 amide bonds. The minimum atomic E-state index is -2.83. The van der Waals surface area contributed by atoms with E-state index in [2.05, 4.69) is 22.5 Å². The van der Waals surface area contributed by atoms with Gasteiger partial charge in [0.05, 0.1) is 11.5 Å². The maximum Gasteiger partial charge on any atom is 0.191 e. The molecule has 0 aromatic rings. The van der Waals surface area contributed by atoms with Crippen LogP contribution in [0.1, 0.15) is 64.7 Å². The van der Waals surface area contributed by atoms with Crippen molar-refractivity contribution in [1.82, 2.24) is 15.5 Å². The Bertz CT molecular complexity index is 640. The lowest BCUT2D eigenvalue weighted by molar-refractivity contribution is 0.256. The van der Waals surface area contributed by atoms with Crippen LogP contribution in [-0.2, 0) is 9.84 Å². The van der Waals surface area contributed by atoms with Gasteiger partial charge in [0.15, 0.2) is 15.8 Å². The summed E-state index contributed by atoms with van der Waals surface area (Å²) in [4.78, 5) is 7.50. The van der Waals surface area contributed by atoms with E-state index in [0.717, 1.165) is 25.0 Å². The van der Waals surface area contributed by atoms with Crippen molar-refractivity contribution in [2.75, 3.05) is 24.6 Å². The van der Waals surface area contributed by atoms with E-state index in [4.69, 9.17) is 4.99 Å². The topological polar surface area (TPSA) is 73.8 Å². The fourth-order valence-electron chi connectivity index (χ4n) is 5.08. The molecule has 0 bridgehead atoms. The average molecular weight is 397 g/mol. The molecule has 0 radical (unpaired) electrons. The van der Waals surface area contributed by atoms with Crippen LogP contribution < -0.4 is 10.6 Å². The van der Waals surface area contributed by atoms with Crippen molar-refractivity contribution in [1.29, 1.82) is 0 Å². The van der Waals surface area contributed by atoms with Crippen LogP contribution in [0.5, 0.6) is 0 Å². The Kier molecular flexibility index (Phi) is 5.97. The third-order valence-electron chi connectivity index (χ3n) is 6.76.